The first-order valence-electron chi connectivity index (χ1n) is 5.24. The molecule has 1 saturated heterocycles. The molecular weight excluding hydrogens is 190 g/mol. The molecule has 0 spiro atoms. The zero-order valence-electron chi connectivity index (χ0n) is 9.16. The largest absolute Gasteiger partial charge is 0.508 e. The molecule has 0 radical (unpaired) electrons. The van der Waals surface area contributed by atoms with Crippen LogP contribution in [0.5, 0.6) is 5.75 Å². The third-order valence-electron chi connectivity index (χ3n) is 2.57. The van der Waals surface area contributed by atoms with Gasteiger partial charge in [0, 0.05) is 13.0 Å². The molecule has 2 N–H and O–H groups in total. The molecule has 1 aromatic rings. The van der Waals surface area contributed by atoms with Gasteiger partial charge < -0.3 is 9.84 Å². The maximum absolute atomic E-state index is 9.15. The predicted octanol–water partition coefficient (Wildman–Crippen LogP) is 1.66. The van der Waals surface area contributed by atoms with Gasteiger partial charge in [-0.25, -0.2) is 0 Å². The van der Waals surface area contributed by atoms with Crippen molar-refractivity contribution in [2.45, 2.75) is 32.1 Å². The van der Waals surface area contributed by atoms with Crippen molar-refractivity contribution in [2.75, 3.05) is 6.54 Å². The Morgan fingerprint density at radius 3 is 2.60 bits per heavy atom. The Labute approximate surface area is 90.1 Å². The van der Waals surface area contributed by atoms with Gasteiger partial charge in [0.25, 0.3) is 0 Å². The summed E-state index contributed by atoms with van der Waals surface area (Å²) in [5, 5.41) is 12.5. The first kappa shape index (κ1) is 10.5. The quantitative estimate of drug-likeness (QED) is 0.775. The fourth-order valence-corrected chi connectivity index (χ4v) is 1.79. The van der Waals surface area contributed by atoms with E-state index in [0.29, 0.717) is 5.75 Å². The standard InChI is InChI=1S/C12H17NO2/c1-12(2)8-13-11(15-12)7-9-3-5-10(14)6-4-9/h3-6,11,13-14H,7-8H2,1-2H3. The fraction of sp³-hybridized carbons (Fsp3) is 0.500. The maximum atomic E-state index is 9.15. The Balaban J connectivity index is 1.96. The number of phenolic OH excluding ortho intramolecular Hbond substituents is 1. The Hall–Kier alpha value is -1.06. The molecule has 0 saturated carbocycles. The van der Waals surface area contributed by atoms with Crippen molar-refractivity contribution < 1.29 is 9.84 Å². The van der Waals surface area contributed by atoms with Crippen LogP contribution in [0.25, 0.3) is 0 Å². The minimum absolute atomic E-state index is 0.0679. The second-order valence-electron chi connectivity index (χ2n) is 4.62. The lowest BCUT2D eigenvalue weighted by Crippen LogP contribution is -2.24. The average Bonchev–Trinajstić information content (AvgIpc) is 2.50. The highest BCUT2D eigenvalue weighted by atomic mass is 16.5. The second kappa shape index (κ2) is 3.83. The van der Waals surface area contributed by atoms with Crippen LogP contribution in [0.4, 0.5) is 0 Å². The first-order valence-corrected chi connectivity index (χ1v) is 5.24. The van der Waals surface area contributed by atoms with Crippen LogP contribution in [0.2, 0.25) is 0 Å². The molecule has 1 unspecified atom stereocenters. The van der Waals surface area contributed by atoms with Crippen LogP contribution in [-0.2, 0) is 11.2 Å². The van der Waals surface area contributed by atoms with Crippen LogP contribution in [-0.4, -0.2) is 23.5 Å². The van der Waals surface area contributed by atoms with Crippen molar-refractivity contribution in [3.8, 4) is 5.75 Å². The van der Waals surface area contributed by atoms with Gasteiger partial charge in [-0.3, -0.25) is 5.32 Å². The Morgan fingerprint density at radius 1 is 1.40 bits per heavy atom. The summed E-state index contributed by atoms with van der Waals surface area (Å²) in [5.41, 5.74) is 1.10. The molecule has 1 aliphatic heterocycles. The number of aromatic hydroxyl groups is 1. The summed E-state index contributed by atoms with van der Waals surface area (Å²) < 4.78 is 5.81. The molecule has 0 aliphatic carbocycles. The van der Waals surface area contributed by atoms with Gasteiger partial charge in [-0.2, -0.15) is 0 Å². The first-order chi connectivity index (χ1) is 7.05. The molecule has 15 heavy (non-hydrogen) atoms. The van der Waals surface area contributed by atoms with Gasteiger partial charge in [-0.15, -0.1) is 0 Å². The molecule has 1 aromatic carbocycles. The second-order valence-corrected chi connectivity index (χ2v) is 4.62. The zero-order valence-corrected chi connectivity index (χ0v) is 9.16. The molecule has 82 valence electrons. The van der Waals surface area contributed by atoms with E-state index in [2.05, 4.69) is 19.2 Å². The summed E-state index contributed by atoms with van der Waals surface area (Å²) in [5.74, 6) is 0.305. The minimum atomic E-state index is -0.0679. The molecule has 3 nitrogen and oxygen atoms in total. The van der Waals surface area contributed by atoms with E-state index in [1.165, 1.54) is 5.56 Å². The van der Waals surface area contributed by atoms with E-state index < -0.39 is 0 Å². The van der Waals surface area contributed by atoms with Crippen LogP contribution >= 0.6 is 0 Å². The van der Waals surface area contributed by atoms with Gasteiger partial charge in [0.15, 0.2) is 0 Å². The predicted molar refractivity (Wildman–Crippen MR) is 58.8 cm³/mol. The van der Waals surface area contributed by atoms with E-state index in [1.54, 1.807) is 12.1 Å². The third kappa shape index (κ3) is 2.70. The van der Waals surface area contributed by atoms with Crippen LogP contribution < -0.4 is 5.32 Å². The van der Waals surface area contributed by atoms with Crippen molar-refractivity contribution in [3.05, 3.63) is 29.8 Å². The molecular formula is C12H17NO2. The average molecular weight is 207 g/mol. The fourth-order valence-electron chi connectivity index (χ4n) is 1.79. The summed E-state index contributed by atoms with van der Waals surface area (Å²) in [7, 11) is 0. The lowest BCUT2D eigenvalue weighted by molar-refractivity contribution is -0.0136. The number of hydrogen-bond acceptors (Lipinski definition) is 3. The topological polar surface area (TPSA) is 41.5 Å². The van der Waals surface area contributed by atoms with Crippen LogP contribution in [0.1, 0.15) is 19.4 Å². The SMILES string of the molecule is CC1(C)CNC(Cc2ccc(O)cc2)O1. The molecule has 0 bridgehead atoms. The lowest BCUT2D eigenvalue weighted by Gasteiger charge is -2.17. The van der Waals surface area contributed by atoms with E-state index >= 15 is 0 Å². The van der Waals surface area contributed by atoms with Gasteiger partial charge in [-0.1, -0.05) is 12.1 Å². The van der Waals surface area contributed by atoms with E-state index in [1.807, 2.05) is 12.1 Å². The molecule has 0 aromatic heterocycles. The van der Waals surface area contributed by atoms with Crippen LogP contribution in [0.3, 0.4) is 0 Å². The molecule has 2 rings (SSSR count). The van der Waals surface area contributed by atoms with Gasteiger partial charge in [-0.05, 0) is 31.5 Å². The molecule has 1 atom stereocenters. The van der Waals surface area contributed by atoms with Gasteiger partial charge in [0.05, 0.1) is 5.60 Å². The number of benzene rings is 1. The van der Waals surface area contributed by atoms with Gasteiger partial charge in [0.2, 0.25) is 0 Å². The Morgan fingerprint density at radius 2 is 2.07 bits per heavy atom. The summed E-state index contributed by atoms with van der Waals surface area (Å²) in [6.45, 7) is 5.05. The molecule has 1 aliphatic rings. The van der Waals surface area contributed by atoms with Gasteiger partial charge >= 0.3 is 0 Å². The number of phenols is 1. The summed E-state index contributed by atoms with van der Waals surface area (Å²) in [6.07, 6.45) is 0.925. The minimum Gasteiger partial charge on any atom is -0.508 e. The molecule has 1 heterocycles. The highest BCUT2D eigenvalue weighted by Gasteiger charge is 2.30. The zero-order chi connectivity index (χ0) is 10.9. The highest BCUT2D eigenvalue weighted by Crippen LogP contribution is 2.20. The van der Waals surface area contributed by atoms with Crippen molar-refractivity contribution in [1.82, 2.24) is 5.32 Å². The number of rotatable bonds is 2. The summed E-state index contributed by atoms with van der Waals surface area (Å²) in [6, 6.07) is 7.25. The number of nitrogens with one attached hydrogen (secondary N) is 1. The van der Waals surface area contributed by atoms with Crippen molar-refractivity contribution in [1.29, 1.82) is 0 Å². The van der Waals surface area contributed by atoms with E-state index in [4.69, 9.17) is 9.84 Å². The number of ether oxygens (including phenoxy) is 1. The normalized spacial score (nSPS) is 24.3. The third-order valence-corrected chi connectivity index (χ3v) is 2.57. The van der Waals surface area contributed by atoms with E-state index in [0.717, 1.165) is 13.0 Å². The summed E-state index contributed by atoms with van der Waals surface area (Å²) in [4.78, 5) is 0. The lowest BCUT2D eigenvalue weighted by atomic mass is 10.1. The van der Waals surface area contributed by atoms with Gasteiger partial charge in [0.1, 0.15) is 12.0 Å². The molecule has 3 heteroatoms. The molecule has 0 amide bonds. The maximum Gasteiger partial charge on any atom is 0.115 e. The Kier molecular flexibility index (Phi) is 2.67. The Bertz CT molecular complexity index is 332. The van der Waals surface area contributed by atoms with Crippen molar-refractivity contribution in [3.63, 3.8) is 0 Å². The number of hydrogen-bond donors (Lipinski definition) is 2. The van der Waals surface area contributed by atoms with E-state index in [-0.39, 0.29) is 11.8 Å². The summed E-state index contributed by atoms with van der Waals surface area (Å²) >= 11 is 0. The molecule has 1 fully saturated rings. The highest BCUT2D eigenvalue weighted by molar-refractivity contribution is 5.26. The van der Waals surface area contributed by atoms with Crippen LogP contribution in [0.15, 0.2) is 24.3 Å². The van der Waals surface area contributed by atoms with Crippen LogP contribution in [0, 0.1) is 0 Å². The monoisotopic (exact) mass is 207 g/mol. The van der Waals surface area contributed by atoms with E-state index in [9.17, 15) is 0 Å². The van der Waals surface area contributed by atoms with Crippen molar-refractivity contribution >= 4 is 0 Å². The van der Waals surface area contributed by atoms with Crippen molar-refractivity contribution in [2.24, 2.45) is 0 Å². The smallest absolute Gasteiger partial charge is 0.115 e.